The average Bonchev–Trinajstić information content (AvgIpc) is 2.25. The van der Waals surface area contributed by atoms with Gasteiger partial charge in [-0.1, -0.05) is 12.1 Å². The first-order valence-corrected chi connectivity index (χ1v) is 5.12. The maximum absolute atomic E-state index is 10.6. The Balaban J connectivity index is 2.62. The molecule has 0 bridgehead atoms. The minimum Gasteiger partial charge on any atom is -0.496 e. The summed E-state index contributed by atoms with van der Waals surface area (Å²) in [7, 11) is 3.21. The lowest BCUT2D eigenvalue weighted by Gasteiger charge is -2.13. The Labute approximate surface area is 95.5 Å². The van der Waals surface area contributed by atoms with Gasteiger partial charge in [-0.05, 0) is 30.5 Å². The minimum atomic E-state index is -0.898. The third kappa shape index (κ3) is 3.15. The van der Waals surface area contributed by atoms with Crippen molar-refractivity contribution in [1.29, 1.82) is 0 Å². The summed E-state index contributed by atoms with van der Waals surface area (Å²) in [5.41, 5.74) is 2.18. The van der Waals surface area contributed by atoms with Crippen LogP contribution in [0.3, 0.4) is 0 Å². The van der Waals surface area contributed by atoms with Gasteiger partial charge in [0.25, 0.3) is 0 Å². The number of hydrogen-bond donors (Lipinski definition) is 1. The van der Waals surface area contributed by atoms with Crippen molar-refractivity contribution in [3.8, 4) is 5.75 Å². The zero-order chi connectivity index (χ0) is 12.1. The number of aryl methyl sites for hydroxylation is 1. The molecule has 0 aliphatic rings. The number of benzene rings is 1. The Hall–Kier alpha value is -1.71. The van der Waals surface area contributed by atoms with Gasteiger partial charge in [0.2, 0.25) is 0 Å². The molecule has 4 nitrogen and oxygen atoms in total. The molecule has 0 spiro atoms. The fraction of sp³-hybridized carbons (Fsp3) is 0.417. The van der Waals surface area contributed by atoms with Crippen molar-refractivity contribution in [3.63, 3.8) is 0 Å². The first-order valence-electron chi connectivity index (χ1n) is 5.12. The lowest BCUT2D eigenvalue weighted by atomic mass is 10.1. The van der Waals surface area contributed by atoms with Crippen LogP contribution < -0.4 is 4.74 Å². The zero-order valence-corrected chi connectivity index (χ0v) is 9.86. The smallest absolute Gasteiger partial charge is 0.407 e. The first-order chi connectivity index (χ1) is 7.54. The molecule has 0 atom stereocenters. The van der Waals surface area contributed by atoms with E-state index in [1.165, 1.54) is 4.90 Å². The van der Waals surface area contributed by atoms with Gasteiger partial charge < -0.3 is 14.7 Å². The summed E-state index contributed by atoms with van der Waals surface area (Å²) in [6, 6.07) is 5.89. The molecular weight excluding hydrogens is 206 g/mol. The van der Waals surface area contributed by atoms with Gasteiger partial charge in [-0.3, -0.25) is 0 Å². The molecule has 0 saturated carbocycles. The lowest BCUT2D eigenvalue weighted by molar-refractivity contribution is 0.156. The van der Waals surface area contributed by atoms with Crippen LogP contribution in [0.2, 0.25) is 0 Å². The van der Waals surface area contributed by atoms with E-state index < -0.39 is 6.09 Å². The van der Waals surface area contributed by atoms with Gasteiger partial charge >= 0.3 is 6.09 Å². The SMILES string of the molecule is COc1ccc(CCN(C)C(=O)O)cc1C. The van der Waals surface area contributed by atoms with Gasteiger partial charge in [-0.15, -0.1) is 0 Å². The number of carboxylic acid groups (broad SMARTS) is 1. The Morgan fingerprint density at radius 1 is 1.50 bits per heavy atom. The van der Waals surface area contributed by atoms with Crippen molar-refractivity contribution >= 4 is 6.09 Å². The Morgan fingerprint density at radius 3 is 2.69 bits per heavy atom. The van der Waals surface area contributed by atoms with Crippen LogP contribution in [0.15, 0.2) is 18.2 Å². The van der Waals surface area contributed by atoms with E-state index in [4.69, 9.17) is 9.84 Å². The molecule has 88 valence electrons. The number of hydrogen-bond acceptors (Lipinski definition) is 2. The van der Waals surface area contributed by atoms with E-state index in [9.17, 15) is 4.79 Å². The number of likely N-dealkylation sites (N-methyl/N-ethyl adjacent to an activating group) is 1. The second-order valence-corrected chi connectivity index (χ2v) is 3.76. The van der Waals surface area contributed by atoms with E-state index in [-0.39, 0.29) is 0 Å². The van der Waals surface area contributed by atoms with Crippen LogP contribution in [0.25, 0.3) is 0 Å². The third-order valence-electron chi connectivity index (χ3n) is 2.52. The van der Waals surface area contributed by atoms with Gasteiger partial charge in [0.05, 0.1) is 7.11 Å². The Morgan fingerprint density at radius 2 is 2.19 bits per heavy atom. The highest BCUT2D eigenvalue weighted by atomic mass is 16.5. The van der Waals surface area contributed by atoms with Gasteiger partial charge in [0, 0.05) is 13.6 Å². The lowest BCUT2D eigenvalue weighted by Crippen LogP contribution is -2.26. The molecule has 0 radical (unpaired) electrons. The fourth-order valence-electron chi connectivity index (χ4n) is 1.49. The Bertz CT molecular complexity index is 377. The van der Waals surface area contributed by atoms with Crippen LogP contribution in [-0.4, -0.2) is 36.8 Å². The van der Waals surface area contributed by atoms with E-state index in [0.29, 0.717) is 13.0 Å². The van der Waals surface area contributed by atoms with E-state index >= 15 is 0 Å². The summed E-state index contributed by atoms with van der Waals surface area (Å²) in [6.45, 7) is 2.48. The van der Waals surface area contributed by atoms with E-state index in [2.05, 4.69) is 0 Å². The van der Waals surface area contributed by atoms with Crippen molar-refractivity contribution < 1.29 is 14.6 Å². The highest BCUT2D eigenvalue weighted by molar-refractivity contribution is 5.64. The topological polar surface area (TPSA) is 49.8 Å². The highest BCUT2D eigenvalue weighted by Gasteiger charge is 2.06. The van der Waals surface area contributed by atoms with Crippen molar-refractivity contribution in [2.24, 2.45) is 0 Å². The number of rotatable bonds is 4. The maximum Gasteiger partial charge on any atom is 0.407 e. The average molecular weight is 223 g/mol. The summed E-state index contributed by atoms with van der Waals surface area (Å²) >= 11 is 0. The summed E-state index contributed by atoms with van der Waals surface area (Å²) < 4.78 is 5.16. The number of amides is 1. The van der Waals surface area contributed by atoms with Crippen molar-refractivity contribution in [3.05, 3.63) is 29.3 Å². The van der Waals surface area contributed by atoms with E-state index in [1.807, 2.05) is 25.1 Å². The molecule has 0 heterocycles. The van der Waals surface area contributed by atoms with Crippen LogP contribution >= 0.6 is 0 Å². The monoisotopic (exact) mass is 223 g/mol. The molecule has 1 aromatic carbocycles. The Kier molecular flexibility index (Phi) is 4.17. The number of nitrogens with zero attached hydrogens (tertiary/aromatic N) is 1. The van der Waals surface area contributed by atoms with Crippen LogP contribution in [0.1, 0.15) is 11.1 Å². The van der Waals surface area contributed by atoms with Gasteiger partial charge in [-0.2, -0.15) is 0 Å². The largest absolute Gasteiger partial charge is 0.496 e. The number of ether oxygens (including phenoxy) is 1. The normalized spacial score (nSPS) is 9.94. The van der Waals surface area contributed by atoms with Crippen molar-refractivity contribution in [2.75, 3.05) is 20.7 Å². The standard InChI is InChI=1S/C12H17NO3/c1-9-8-10(4-5-11(9)16-3)6-7-13(2)12(14)15/h4-5,8H,6-7H2,1-3H3,(H,14,15). The van der Waals surface area contributed by atoms with Crippen molar-refractivity contribution in [2.45, 2.75) is 13.3 Å². The van der Waals surface area contributed by atoms with Crippen LogP contribution in [0, 0.1) is 6.92 Å². The second kappa shape index (κ2) is 5.39. The van der Waals surface area contributed by atoms with Gasteiger partial charge in [0.1, 0.15) is 5.75 Å². The van der Waals surface area contributed by atoms with E-state index in [0.717, 1.165) is 16.9 Å². The molecule has 16 heavy (non-hydrogen) atoms. The van der Waals surface area contributed by atoms with Crippen LogP contribution in [-0.2, 0) is 6.42 Å². The molecule has 0 fully saturated rings. The molecule has 0 aromatic heterocycles. The molecular formula is C12H17NO3. The van der Waals surface area contributed by atoms with Gasteiger partial charge in [0.15, 0.2) is 0 Å². The van der Waals surface area contributed by atoms with Gasteiger partial charge in [-0.25, -0.2) is 4.79 Å². The van der Waals surface area contributed by atoms with Crippen LogP contribution in [0.4, 0.5) is 4.79 Å². The number of carbonyl (C=O) groups is 1. The molecule has 0 aliphatic heterocycles. The molecule has 1 aromatic rings. The van der Waals surface area contributed by atoms with Crippen molar-refractivity contribution in [1.82, 2.24) is 4.90 Å². The predicted molar refractivity (Wildman–Crippen MR) is 62.1 cm³/mol. The number of methoxy groups -OCH3 is 1. The summed E-state index contributed by atoms with van der Waals surface area (Å²) in [4.78, 5) is 11.9. The summed E-state index contributed by atoms with van der Waals surface area (Å²) in [5.74, 6) is 0.857. The minimum absolute atomic E-state index is 0.501. The summed E-state index contributed by atoms with van der Waals surface area (Å²) in [5, 5.41) is 8.70. The highest BCUT2D eigenvalue weighted by Crippen LogP contribution is 2.18. The molecule has 1 rings (SSSR count). The first kappa shape index (κ1) is 12.4. The fourth-order valence-corrected chi connectivity index (χ4v) is 1.49. The zero-order valence-electron chi connectivity index (χ0n) is 9.86. The summed E-state index contributed by atoms with van der Waals surface area (Å²) in [6.07, 6.45) is -0.182. The molecule has 0 aliphatic carbocycles. The van der Waals surface area contributed by atoms with E-state index in [1.54, 1.807) is 14.2 Å². The quantitative estimate of drug-likeness (QED) is 0.850. The maximum atomic E-state index is 10.6. The molecule has 1 amide bonds. The molecule has 4 heteroatoms. The predicted octanol–water partition coefficient (Wildman–Crippen LogP) is 2.16. The molecule has 0 saturated heterocycles. The third-order valence-corrected chi connectivity index (χ3v) is 2.52. The molecule has 1 N–H and O–H groups in total. The van der Waals surface area contributed by atoms with Crippen LogP contribution in [0.5, 0.6) is 5.75 Å². The second-order valence-electron chi connectivity index (χ2n) is 3.76. The molecule has 0 unspecified atom stereocenters.